The van der Waals surface area contributed by atoms with Crippen molar-refractivity contribution < 1.29 is 9.18 Å². The van der Waals surface area contributed by atoms with E-state index in [1.54, 1.807) is 6.07 Å². The molecule has 0 bridgehead atoms. The standard InChI is InChI=1S/C22H30FNOS/c23-20-9-5-4-8-19(20)21(22(25)16-10-11-16)24-14-12-18(13-15-24)26-17-6-2-1-3-7-17/h4-5,8-9,16-18,21H,1-3,6-7,10-15H2. The molecule has 1 aromatic carbocycles. The van der Waals surface area contributed by atoms with E-state index in [9.17, 15) is 9.18 Å². The molecule has 2 nitrogen and oxygen atoms in total. The second-order valence-electron chi connectivity index (χ2n) is 8.23. The lowest BCUT2D eigenvalue weighted by atomic mass is 9.95. The van der Waals surface area contributed by atoms with Gasteiger partial charge in [-0.2, -0.15) is 11.8 Å². The molecule has 2 aliphatic carbocycles. The van der Waals surface area contributed by atoms with Crippen LogP contribution in [0.4, 0.5) is 4.39 Å². The molecular weight excluding hydrogens is 345 g/mol. The van der Waals surface area contributed by atoms with Crippen LogP contribution in [0.25, 0.3) is 0 Å². The minimum absolute atomic E-state index is 0.161. The summed E-state index contributed by atoms with van der Waals surface area (Å²) in [4.78, 5) is 15.2. The Labute approximate surface area is 160 Å². The predicted octanol–water partition coefficient (Wildman–Crippen LogP) is 5.38. The second kappa shape index (κ2) is 8.43. The van der Waals surface area contributed by atoms with Gasteiger partial charge in [0.05, 0.1) is 6.04 Å². The van der Waals surface area contributed by atoms with E-state index in [4.69, 9.17) is 0 Å². The van der Waals surface area contributed by atoms with Crippen molar-refractivity contribution >= 4 is 17.5 Å². The summed E-state index contributed by atoms with van der Waals surface area (Å²) in [7, 11) is 0. The Kier molecular flexibility index (Phi) is 6.00. The van der Waals surface area contributed by atoms with Crippen LogP contribution in [0.5, 0.6) is 0 Å². The number of likely N-dealkylation sites (tertiary alicyclic amines) is 1. The molecule has 3 aliphatic rings. The molecule has 142 valence electrons. The molecule has 26 heavy (non-hydrogen) atoms. The van der Waals surface area contributed by atoms with Crippen LogP contribution in [-0.4, -0.2) is 34.3 Å². The summed E-state index contributed by atoms with van der Waals surface area (Å²) in [5.41, 5.74) is 0.586. The van der Waals surface area contributed by atoms with Crippen molar-refractivity contribution in [1.29, 1.82) is 0 Å². The van der Waals surface area contributed by atoms with Crippen molar-refractivity contribution in [3.8, 4) is 0 Å². The van der Waals surface area contributed by atoms with Crippen LogP contribution in [0, 0.1) is 11.7 Å². The summed E-state index contributed by atoms with van der Waals surface area (Å²) in [6, 6.07) is 6.50. The van der Waals surface area contributed by atoms with E-state index in [1.807, 2.05) is 12.1 Å². The number of Topliss-reactive ketones (excluding diaryl/α,β-unsaturated/α-hetero) is 1. The zero-order valence-electron chi connectivity index (χ0n) is 15.5. The third kappa shape index (κ3) is 4.33. The maximum atomic E-state index is 14.4. The first-order valence-corrected chi connectivity index (χ1v) is 11.3. The van der Waals surface area contributed by atoms with E-state index in [0.717, 1.165) is 44.0 Å². The Morgan fingerprint density at radius 1 is 0.962 bits per heavy atom. The molecule has 3 fully saturated rings. The molecule has 0 aromatic heterocycles. The number of rotatable bonds is 6. The van der Waals surface area contributed by atoms with Crippen LogP contribution in [-0.2, 0) is 4.79 Å². The van der Waals surface area contributed by atoms with Gasteiger partial charge in [-0.15, -0.1) is 0 Å². The summed E-state index contributed by atoms with van der Waals surface area (Å²) in [5.74, 6) is 0.174. The molecule has 2 saturated carbocycles. The van der Waals surface area contributed by atoms with Crippen LogP contribution in [0.15, 0.2) is 24.3 Å². The Morgan fingerprint density at radius 3 is 2.27 bits per heavy atom. The van der Waals surface area contributed by atoms with Crippen molar-refractivity contribution in [3.63, 3.8) is 0 Å². The van der Waals surface area contributed by atoms with Crippen LogP contribution in [0.1, 0.15) is 69.4 Å². The Bertz CT molecular complexity index is 618. The summed E-state index contributed by atoms with van der Waals surface area (Å²) in [6.07, 6.45) is 11.2. The maximum Gasteiger partial charge on any atom is 0.157 e. The highest BCUT2D eigenvalue weighted by atomic mass is 32.2. The molecular formula is C22H30FNOS. The molecule has 0 N–H and O–H groups in total. The zero-order chi connectivity index (χ0) is 17.9. The van der Waals surface area contributed by atoms with Crippen LogP contribution >= 0.6 is 11.8 Å². The fourth-order valence-corrected chi connectivity index (χ4v) is 6.19. The fourth-order valence-electron chi connectivity index (χ4n) is 4.56. The van der Waals surface area contributed by atoms with Crippen molar-refractivity contribution in [2.45, 2.75) is 74.3 Å². The number of carbonyl (C=O) groups is 1. The molecule has 1 aliphatic heterocycles. The van der Waals surface area contributed by atoms with Gasteiger partial charge in [0, 0.05) is 35.1 Å². The van der Waals surface area contributed by atoms with Gasteiger partial charge in [-0.1, -0.05) is 37.5 Å². The van der Waals surface area contributed by atoms with E-state index in [1.165, 1.54) is 38.2 Å². The molecule has 1 heterocycles. The van der Waals surface area contributed by atoms with Gasteiger partial charge in [-0.25, -0.2) is 4.39 Å². The maximum absolute atomic E-state index is 14.4. The Morgan fingerprint density at radius 2 is 1.62 bits per heavy atom. The molecule has 0 radical (unpaired) electrons. The minimum atomic E-state index is -0.371. The number of benzene rings is 1. The van der Waals surface area contributed by atoms with Gasteiger partial charge in [-0.3, -0.25) is 9.69 Å². The van der Waals surface area contributed by atoms with Gasteiger partial charge in [0.25, 0.3) is 0 Å². The van der Waals surface area contributed by atoms with Crippen molar-refractivity contribution in [1.82, 2.24) is 4.90 Å². The summed E-state index contributed by atoms with van der Waals surface area (Å²) < 4.78 is 14.4. The second-order valence-corrected chi connectivity index (χ2v) is 9.84. The van der Waals surface area contributed by atoms with Crippen LogP contribution in [0.3, 0.4) is 0 Å². The SMILES string of the molecule is O=C(C1CC1)C(c1ccccc1F)N1CCC(SC2CCCCC2)CC1. The molecule has 0 spiro atoms. The molecule has 0 amide bonds. The van der Waals surface area contributed by atoms with Crippen LogP contribution < -0.4 is 0 Å². The molecule has 1 aromatic rings. The molecule has 1 unspecified atom stereocenters. The molecule has 4 rings (SSSR count). The lowest BCUT2D eigenvalue weighted by Crippen LogP contribution is -2.42. The van der Waals surface area contributed by atoms with Gasteiger partial charge in [0.1, 0.15) is 5.82 Å². The normalized spacial score (nSPS) is 24.5. The number of halogens is 1. The summed E-state index contributed by atoms with van der Waals surface area (Å²) in [6.45, 7) is 1.84. The van der Waals surface area contributed by atoms with Gasteiger partial charge in [0.15, 0.2) is 5.78 Å². The minimum Gasteiger partial charge on any atom is -0.297 e. The molecule has 1 saturated heterocycles. The third-order valence-electron chi connectivity index (χ3n) is 6.23. The zero-order valence-corrected chi connectivity index (χ0v) is 16.4. The van der Waals surface area contributed by atoms with Crippen molar-refractivity contribution in [3.05, 3.63) is 35.6 Å². The molecule has 1 atom stereocenters. The van der Waals surface area contributed by atoms with Crippen LogP contribution in [0.2, 0.25) is 0 Å². The van der Waals surface area contributed by atoms with Gasteiger partial charge in [0.2, 0.25) is 0 Å². The smallest absolute Gasteiger partial charge is 0.157 e. The van der Waals surface area contributed by atoms with E-state index in [-0.39, 0.29) is 23.6 Å². The highest BCUT2D eigenvalue weighted by Crippen LogP contribution is 2.40. The van der Waals surface area contributed by atoms with Gasteiger partial charge < -0.3 is 0 Å². The first kappa shape index (κ1) is 18.5. The topological polar surface area (TPSA) is 20.3 Å². The number of nitrogens with zero attached hydrogens (tertiary/aromatic N) is 1. The van der Waals surface area contributed by atoms with Crippen molar-refractivity contribution in [2.75, 3.05) is 13.1 Å². The average Bonchev–Trinajstić information content (AvgIpc) is 3.51. The van der Waals surface area contributed by atoms with E-state index in [0.29, 0.717) is 10.8 Å². The largest absolute Gasteiger partial charge is 0.297 e. The highest BCUT2D eigenvalue weighted by molar-refractivity contribution is 8.00. The summed E-state index contributed by atoms with van der Waals surface area (Å²) in [5, 5.41) is 1.56. The Hall–Kier alpha value is -0.870. The van der Waals surface area contributed by atoms with Crippen molar-refractivity contribution in [2.24, 2.45) is 5.92 Å². The van der Waals surface area contributed by atoms with E-state index in [2.05, 4.69) is 16.7 Å². The first-order chi connectivity index (χ1) is 12.7. The fraction of sp³-hybridized carbons (Fsp3) is 0.682. The lowest BCUT2D eigenvalue weighted by Gasteiger charge is -2.38. The quantitative estimate of drug-likeness (QED) is 0.666. The lowest BCUT2D eigenvalue weighted by molar-refractivity contribution is -0.126. The highest BCUT2D eigenvalue weighted by Gasteiger charge is 2.40. The Balaban J connectivity index is 1.41. The van der Waals surface area contributed by atoms with E-state index < -0.39 is 0 Å². The molecule has 4 heteroatoms. The third-order valence-corrected chi connectivity index (χ3v) is 7.94. The monoisotopic (exact) mass is 375 g/mol. The number of hydrogen-bond acceptors (Lipinski definition) is 3. The number of ketones is 1. The summed E-state index contributed by atoms with van der Waals surface area (Å²) >= 11 is 2.20. The van der Waals surface area contributed by atoms with Gasteiger partial charge >= 0.3 is 0 Å². The van der Waals surface area contributed by atoms with Gasteiger partial charge in [-0.05, 0) is 44.6 Å². The average molecular weight is 376 g/mol. The number of thioether (sulfide) groups is 1. The first-order valence-electron chi connectivity index (χ1n) is 10.4. The number of carbonyl (C=O) groups excluding carboxylic acids is 1. The number of hydrogen-bond donors (Lipinski definition) is 0. The predicted molar refractivity (Wildman–Crippen MR) is 106 cm³/mol. The van der Waals surface area contributed by atoms with E-state index >= 15 is 0 Å². The number of piperidine rings is 1.